The molecular weight excluding hydrogens is 342 g/mol. The minimum Gasteiger partial charge on any atom is -0.432 e. The number of ether oxygens (including phenoxy) is 1. The Balaban J connectivity index is 1.73. The molecule has 1 fully saturated rings. The summed E-state index contributed by atoms with van der Waals surface area (Å²) in [7, 11) is 2.15. The molecule has 0 spiro atoms. The largest absolute Gasteiger partial charge is 0.432 e. The fourth-order valence-electron chi connectivity index (χ4n) is 4.20. The third-order valence-electron chi connectivity index (χ3n) is 5.82. The van der Waals surface area contributed by atoms with Crippen LogP contribution >= 0.6 is 0 Å². The summed E-state index contributed by atoms with van der Waals surface area (Å²) < 4.78 is 12.3. The van der Waals surface area contributed by atoms with Crippen LogP contribution in [0.25, 0.3) is 22.2 Å². The van der Waals surface area contributed by atoms with Crippen LogP contribution < -0.4 is 4.90 Å². The van der Waals surface area contributed by atoms with Crippen LogP contribution in [0, 0.1) is 6.92 Å². The minimum absolute atomic E-state index is 0.204. The average Bonchev–Trinajstić information content (AvgIpc) is 3.00. The number of hydrogen-bond acceptors (Lipinski definition) is 7. The first-order chi connectivity index (χ1) is 12.9. The van der Waals surface area contributed by atoms with Gasteiger partial charge in [-0.15, -0.1) is 0 Å². The highest BCUT2D eigenvalue weighted by Crippen LogP contribution is 2.39. The van der Waals surface area contributed by atoms with Gasteiger partial charge in [0.05, 0.1) is 17.6 Å². The fourth-order valence-corrected chi connectivity index (χ4v) is 4.20. The SMILES string of the molecule is Cc1nc2oc3c(N4CCN(C)CC4)ncnc3c2c2c1COC(C)(C)C2. The van der Waals surface area contributed by atoms with Crippen LogP contribution in [0.2, 0.25) is 0 Å². The Morgan fingerprint density at radius 3 is 2.63 bits per heavy atom. The molecule has 2 aliphatic heterocycles. The molecule has 0 N–H and O–H groups in total. The highest BCUT2D eigenvalue weighted by molar-refractivity contribution is 6.06. The van der Waals surface area contributed by atoms with Gasteiger partial charge in [0, 0.05) is 43.9 Å². The number of anilines is 1. The van der Waals surface area contributed by atoms with Crippen LogP contribution in [0.15, 0.2) is 10.7 Å². The van der Waals surface area contributed by atoms with E-state index in [1.807, 2.05) is 6.92 Å². The van der Waals surface area contributed by atoms with Gasteiger partial charge in [0.1, 0.15) is 11.8 Å². The Kier molecular flexibility index (Phi) is 3.67. The second-order valence-corrected chi connectivity index (χ2v) is 8.33. The topological polar surface area (TPSA) is 67.5 Å². The van der Waals surface area contributed by atoms with Gasteiger partial charge in [-0.3, -0.25) is 0 Å². The maximum atomic E-state index is 6.25. The molecule has 0 bridgehead atoms. The molecule has 5 heterocycles. The molecule has 0 amide bonds. The van der Waals surface area contributed by atoms with Crippen molar-refractivity contribution in [2.75, 3.05) is 38.1 Å². The lowest BCUT2D eigenvalue weighted by atomic mass is 9.89. The minimum atomic E-state index is -0.204. The zero-order chi connectivity index (χ0) is 18.8. The summed E-state index contributed by atoms with van der Waals surface area (Å²) in [5, 5.41) is 1.03. The molecule has 7 nitrogen and oxygen atoms in total. The van der Waals surface area contributed by atoms with Crippen LogP contribution in [-0.4, -0.2) is 58.7 Å². The van der Waals surface area contributed by atoms with Gasteiger partial charge in [0.15, 0.2) is 11.4 Å². The van der Waals surface area contributed by atoms with Crippen molar-refractivity contribution in [3.63, 3.8) is 0 Å². The van der Waals surface area contributed by atoms with Crippen molar-refractivity contribution in [1.82, 2.24) is 19.9 Å². The molecule has 2 aliphatic rings. The van der Waals surface area contributed by atoms with E-state index in [-0.39, 0.29) is 5.60 Å². The van der Waals surface area contributed by atoms with Gasteiger partial charge in [0.2, 0.25) is 5.71 Å². The van der Waals surface area contributed by atoms with Crippen molar-refractivity contribution < 1.29 is 9.15 Å². The monoisotopic (exact) mass is 367 g/mol. The molecule has 7 heteroatoms. The van der Waals surface area contributed by atoms with Gasteiger partial charge in [0.25, 0.3) is 0 Å². The average molecular weight is 367 g/mol. The number of aryl methyl sites for hydroxylation is 1. The Morgan fingerprint density at radius 2 is 1.85 bits per heavy atom. The molecule has 1 saturated heterocycles. The van der Waals surface area contributed by atoms with E-state index in [1.165, 1.54) is 11.1 Å². The molecule has 3 aromatic heterocycles. The van der Waals surface area contributed by atoms with Crippen LogP contribution in [0.4, 0.5) is 5.82 Å². The number of piperazine rings is 1. The van der Waals surface area contributed by atoms with E-state index in [4.69, 9.17) is 14.1 Å². The Bertz CT molecular complexity index is 1030. The summed E-state index contributed by atoms with van der Waals surface area (Å²) in [6, 6.07) is 0. The van der Waals surface area contributed by atoms with Crippen LogP contribution in [-0.2, 0) is 17.8 Å². The molecule has 142 valence electrons. The second-order valence-electron chi connectivity index (χ2n) is 8.33. The lowest BCUT2D eigenvalue weighted by Gasteiger charge is -2.33. The molecule has 0 aliphatic carbocycles. The number of fused-ring (bicyclic) bond motifs is 5. The zero-order valence-electron chi connectivity index (χ0n) is 16.4. The zero-order valence-corrected chi connectivity index (χ0v) is 16.4. The Hall–Kier alpha value is -2.25. The molecule has 0 atom stereocenters. The van der Waals surface area contributed by atoms with E-state index in [0.29, 0.717) is 12.3 Å². The first-order valence-electron chi connectivity index (χ1n) is 9.56. The number of rotatable bonds is 1. The second kappa shape index (κ2) is 5.87. The predicted molar refractivity (Wildman–Crippen MR) is 104 cm³/mol. The third kappa shape index (κ3) is 2.68. The summed E-state index contributed by atoms with van der Waals surface area (Å²) in [6.45, 7) is 10.8. The van der Waals surface area contributed by atoms with Gasteiger partial charge in [-0.1, -0.05) is 0 Å². The highest BCUT2D eigenvalue weighted by atomic mass is 16.5. The van der Waals surface area contributed by atoms with E-state index < -0.39 is 0 Å². The Labute approximate surface area is 158 Å². The summed E-state index contributed by atoms with van der Waals surface area (Å²) in [6.07, 6.45) is 2.48. The third-order valence-corrected chi connectivity index (χ3v) is 5.82. The molecule has 0 saturated carbocycles. The summed E-state index contributed by atoms with van der Waals surface area (Å²) >= 11 is 0. The van der Waals surface area contributed by atoms with Gasteiger partial charge >= 0.3 is 0 Å². The number of hydrogen-bond donors (Lipinski definition) is 0. The molecular formula is C20H25N5O2. The smallest absolute Gasteiger partial charge is 0.229 e. The molecule has 0 unspecified atom stereocenters. The van der Waals surface area contributed by atoms with Crippen LogP contribution in [0.5, 0.6) is 0 Å². The van der Waals surface area contributed by atoms with E-state index >= 15 is 0 Å². The van der Waals surface area contributed by atoms with Crippen molar-refractivity contribution in [3.05, 3.63) is 23.1 Å². The van der Waals surface area contributed by atoms with Gasteiger partial charge in [-0.2, -0.15) is 0 Å². The quantitative estimate of drug-likeness (QED) is 0.655. The summed E-state index contributed by atoms with van der Waals surface area (Å²) in [5.41, 5.74) is 5.48. The lowest BCUT2D eigenvalue weighted by Crippen LogP contribution is -2.44. The lowest BCUT2D eigenvalue weighted by molar-refractivity contribution is -0.0400. The van der Waals surface area contributed by atoms with Crippen molar-refractivity contribution >= 4 is 28.0 Å². The van der Waals surface area contributed by atoms with E-state index in [1.54, 1.807) is 6.33 Å². The number of aromatic nitrogens is 3. The number of nitrogens with zero attached hydrogens (tertiary/aromatic N) is 5. The van der Waals surface area contributed by atoms with Gasteiger partial charge in [-0.25, -0.2) is 15.0 Å². The van der Waals surface area contributed by atoms with Crippen molar-refractivity contribution in [2.24, 2.45) is 0 Å². The number of likely N-dealkylation sites (N-methyl/N-ethyl adjacent to an activating group) is 1. The normalized spacial score (nSPS) is 20.4. The standard InChI is InChI=1S/C20H25N5O2/c1-12-14-10-26-20(2,3)9-13(14)15-16-17(27-19(15)23-12)18(22-11-21-16)25-7-5-24(4)6-8-25/h11H,5-10H2,1-4H3. The van der Waals surface area contributed by atoms with E-state index in [0.717, 1.165) is 60.6 Å². The first kappa shape index (κ1) is 16.9. The maximum Gasteiger partial charge on any atom is 0.229 e. The van der Waals surface area contributed by atoms with E-state index in [9.17, 15) is 0 Å². The van der Waals surface area contributed by atoms with Crippen molar-refractivity contribution in [1.29, 1.82) is 0 Å². The van der Waals surface area contributed by atoms with Gasteiger partial charge in [-0.05, 0) is 33.4 Å². The van der Waals surface area contributed by atoms with E-state index in [2.05, 4.69) is 40.7 Å². The van der Waals surface area contributed by atoms with Crippen molar-refractivity contribution in [2.45, 2.75) is 39.4 Å². The first-order valence-corrected chi connectivity index (χ1v) is 9.56. The predicted octanol–water partition coefficient (Wildman–Crippen LogP) is 2.68. The number of furan rings is 1. The van der Waals surface area contributed by atoms with Crippen LogP contribution in [0.3, 0.4) is 0 Å². The highest BCUT2D eigenvalue weighted by Gasteiger charge is 2.32. The summed E-state index contributed by atoms with van der Waals surface area (Å²) in [4.78, 5) is 18.5. The molecule has 3 aromatic rings. The van der Waals surface area contributed by atoms with Crippen molar-refractivity contribution in [3.8, 4) is 0 Å². The molecule has 27 heavy (non-hydrogen) atoms. The molecule has 5 rings (SSSR count). The molecule has 0 aromatic carbocycles. The van der Waals surface area contributed by atoms with Gasteiger partial charge < -0.3 is 19.0 Å². The molecule has 0 radical (unpaired) electrons. The maximum absolute atomic E-state index is 6.25. The fraction of sp³-hybridized carbons (Fsp3) is 0.550. The number of pyridine rings is 1. The van der Waals surface area contributed by atoms with Crippen LogP contribution in [0.1, 0.15) is 30.7 Å². The Morgan fingerprint density at radius 1 is 1.07 bits per heavy atom. The summed E-state index contributed by atoms with van der Waals surface area (Å²) in [5.74, 6) is 0.879.